The molecular formula is C10H15N3S. The van der Waals surface area contributed by atoms with E-state index in [2.05, 4.69) is 9.71 Å². The molecule has 0 aromatic heterocycles. The summed E-state index contributed by atoms with van der Waals surface area (Å²) in [6, 6.07) is 5.99. The Kier molecular flexibility index (Phi) is 3.83. The van der Waals surface area contributed by atoms with Gasteiger partial charge in [0.25, 0.3) is 0 Å². The smallest absolute Gasteiger partial charge is 0.140 e. The summed E-state index contributed by atoms with van der Waals surface area (Å²) in [5.41, 5.74) is 9.01. The molecule has 1 rings (SSSR count). The lowest BCUT2D eigenvalue weighted by atomic mass is 10.1. The van der Waals surface area contributed by atoms with Crippen LogP contribution in [0.25, 0.3) is 0 Å². The van der Waals surface area contributed by atoms with Gasteiger partial charge in [-0.1, -0.05) is 12.1 Å². The molecule has 3 N–H and O–H groups in total. The third-order valence-electron chi connectivity index (χ3n) is 1.99. The number of hydrogen-bond acceptors (Lipinski definition) is 3. The van der Waals surface area contributed by atoms with Gasteiger partial charge in [-0.15, -0.1) is 0 Å². The molecule has 76 valence electrons. The summed E-state index contributed by atoms with van der Waals surface area (Å²) < 4.78 is 4.12. The average Bonchev–Trinajstić information content (AvgIpc) is 2.17. The third kappa shape index (κ3) is 2.20. The molecule has 0 aliphatic carbocycles. The van der Waals surface area contributed by atoms with E-state index in [-0.39, 0.29) is 0 Å². The Morgan fingerprint density at radius 3 is 2.79 bits per heavy atom. The quantitative estimate of drug-likeness (QED) is 0.455. The second-order valence-electron chi connectivity index (χ2n) is 2.91. The fourth-order valence-electron chi connectivity index (χ4n) is 1.36. The summed E-state index contributed by atoms with van der Waals surface area (Å²) >= 11 is 1.36. The van der Waals surface area contributed by atoms with Gasteiger partial charge in [-0.2, -0.15) is 4.40 Å². The number of amidine groups is 1. The van der Waals surface area contributed by atoms with E-state index in [1.54, 1.807) is 0 Å². The van der Waals surface area contributed by atoms with E-state index in [1.807, 2.05) is 38.4 Å². The summed E-state index contributed by atoms with van der Waals surface area (Å²) in [6.07, 6.45) is 1.89. The molecule has 0 atom stereocenters. The molecule has 14 heavy (non-hydrogen) atoms. The topological polar surface area (TPSA) is 50.4 Å². The van der Waals surface area contributed by atoms with Crippen molar-refractivity contribution in [1.29, 1.82) is 0 Å². The molecule has 0 spiro atoms. The van der Waals surface area contributed by atoms with Crippen molar-refractivity contribution < 1.29 is 0 Å². The first kappa shape index (κ1) is 10.9. The molecular weight excluding hydrogens is 194 g/mol. The van der Waals surface area contributed by atoms with Crippen molar-refractivity contribution in [3.8, 4) is 0 Å². The Hall–Kier alpha value is -1.16. The van der Waals surface area contributed by atoms with E-state index in [1.165, 1.54) is 17.5 Å². The maximum absolute atomic E-state index is 5.84. The second kappa shape index (κ2) is 4.91. The Labute approximate surface area is 88.9 Å². The maximum Gasteiger partial charge on any atom is 0.140 e. The molecule has 1 aromatic carbocycles. The Morgan fingerprint density at radius 1 is 1.50 bits per heavy atom. The number of aryl methyl sites for hydroxylation is 1. The monoisotopic (exact) mass is 209 g/mol. The minimum Gasteiger partial charge on any atom is -0.387 e. The molecule has 0 aliphatic heterocycles. The predicted octanol–water partition coefficient (Wildman–Crippen LogP) is 2.02. The lowest BCUT2D eigenvalue weighted by Crippen LogP contribution is -2.15. The van der Waals surface area contributed by atoms with Crippen LogP contribution in [0, 0.1) is 6.92 Å². The third-order valence-corrected chi connectivity index (χ3v) is 2.37. The van der Waals surface area contributed by atoms with E-state index < -0.39 is 0 Å². The average molecular weight is 209 g/mol. The van der Waals surface area contributed by atoms with E-state index in [4.69, 9.17) is 5.73 Å². The highest BCUT2D eigenvalue weighted by molar-refractivity contribution is 7.97. The molecule has 0 fully saturated rings. The summed E-state index contributed by atoms with van der Waals surface area (Å²) in [5, 5.41) is 3.13. The fourth-order valence-corrected chi connectivity index (χ4v) is 1.66. The number of hydrogen-bond donors (Lipinski definition) is 2. The van der Waals surface area contributed by atoms with E-state index in [0.29, 0.717) is 5.84 Å². The van der Waals surface area contributed by atoms with Crippen LogP contribution in [-0.4, -0.2) is 19.1 Å². The molecule has 0 amide bonds. The number of benzene rings is 1. The zero-order chi connectivity index (χ0) is 10.6. The van der Waals surface area contributed by atoms with Gasteiger partial charge in [-0.3, -0.25) is 0 Å². The van der Waals surface area contributed by atoms with Crippen LogP contribution in [0.15, 0.2) is 22.6 Å². The van der Waals surface area contributed by atoms with Gasteiger partial charge in [0.05, 0.1) is 0 Å². The van der Waals surface area contributed by atoms with Gasteiger partial charge >= 0.3 is 0 Å². The highest BCUT2D eigenvalue weighted by atomic mass is 32.2. The Morgan fingerprint density at radius 2 is 2.21 bits per heavy atom. The van der Waals surface area contributed by atoms with Gasteiger partial charge < -0.3 is 11.1 Å². The molecule has 0 saturated heterocycles. The van der Waals surface area contributed by atoms with Crippen molar-refractivity contribution in [3.05, 3.63) is 29.3 Å². The fraction of sp³-hybridized carbons (Fsp3) is 0.300. The molecule has 0 bridgehead atoms. The zero-order valence-corrected chi connectivity index (χ0v) is 9.48. The first-order chi connectivity index (χ1) is 6.70. The van der Waals surface area contributed by atoms with Crippen LogP contribution in [0.4, 0.5) is 5.69 Å². The second-order valence-corrected chi connectivity index (χ2v) is 3.45. The van der Waals surface area contributed by atoms with Gasteiger partial charge in [-0.25, -0.2) is 0 Å². The number of anilines is 1. The van der Waals surface area contributed by atoms with Gasteiger partial charge in [0.1, 0.15) is 5.84 Å². The Balaban J connectivity index is 3.20. The maximum atomic E-state index is 5.84. The summed E-state index contributed by atoms with van der Waals surface area (Å²) in [5.74, 6) is 0.561. The molecule has 0 heterocycles. The number of para-hydroxylation sites is 1. The van der Waals surface area contributed by atoms with Gasteiger partial charge in [-0.05, 0) is 30.5 Å². The number of nitrogens with two attached hydrogens (primary N) is 1. The van der Waals surface area contributed by atoms with Crippen molar-refractivity contribution >= 4 is 23.5 Å². The molecule has 0 unspecified atom stereocenters. The van der Waals surface area contributed by atoms with E-state index >= 15 is 0 Å². The van der Waals surface area contributed by atoms with Crippen LogP contribution in [0.2, 0.25) is 0 Å². The van der Waals surface area contributed by atoms with Crippen LogP contribution < -0.4 is 11.1 Å². The molecule has 0 aliphatic rings. The molecule has 3 nitrogen and oxygen atoms in total. The van der Waals surface area contributed by atoms with Crippen LogP contribution in [-0.2, 0) is 0 Å². The molecule has 0 radical (unpaired) electrons. The number of nitrogens with zero attached hydrogens (tertiary/aromatic N) is 1. The highest BCUT2D eigenvalue weighted by Crippen LogP contribution is 2.20. The van der Waals surface area contributed by atoms with Gasteiger partial charge in [0.15, 0.2) is 0 Å². The van der Waals surface area contributed by atoms with Crippen molar-refractivity contribution in [1.82, 2.24) is 0 Å². The summed E-state index contributed by atoms with van der Waals surface area (Å²) in [6.45, 7) is 2.04. The minimum atomic E-state index is 0.561. The van der Waals surface area contributed by atoms with E-state index in [9.17, 15) is 0 Å². The largest absolute Gasteiger partial charge is 0.387 e. The minimum absolute atomic E-state index is 0.561. The zero-order valence-electron chi connectivity index (χ0n) is 8.66. The van der Waals surface area contributed by atoms with Crippen LogP contribution in [0.3, 0.4) is 0 Å². The molecule has 1 aromatic rings. The normalized spacial score (nSPS) is 11.5. The first-order valence-corrected chi connectivity index (χ1v) is 5.53. The van der Waals surface area contributed by atoms with Gasteiger partial charge in [0, 0.05) is 24.6 Å². The van der Waals surface area contributed by atoms with Crippen molar-refractivity contribution in [2.45, 2.75) is 6.92 Å². The lowest BCUT2D eigenvalue weighted by molar-refractivity contribution is 1.38. The SMILES string of the molecule is CNc1c(C)cccc1C(N)=NSC. The highest BCUT2D eigenvalue weighted by Gasteiger charge is 2.06. The standard InChI is InChI=1S/C10H15N3S/c1-7-5-4-6-8(9(7)12-2)10(11)13-14-3/h4-6,12H,1-3H3,(H2,11,13). The van der Waals surface area contributed by atoms with Crippen molar-refractivity contribution in [3.63, 3.8) is 0 Å². The van der Waals surface area contributed by atoms with Crippen LogP contribution >= 0.6 is 11.9 Å². The van der Waals surface area contributed by atoms with Crippen molar-refractivity contribution in [2.75, 3.05) is 18.6 Å². The summed E-state index contributed by atoms with van der Waals surface area (Å²) in [7, 11) is 1.89. The molecule has 0 saturated carbocycles. The lowest BCUT2D eigenvalue weighted by Gasteiger charge is -2.10. The van der Waals surface area contributed by atoms with Crippen LogP contribution in [0.1, 0.15) is 11.1 Å². The van der Waals surface area contributed by atoms with Crippen LogP contribution in [0.5, 0.6) is 0 Å². The first-order valence-electron chi connectivity index (χ1n) is 4.35. The Bertz CT molecular complexity index is 347. The van der Waals surface area contributed by atoms with Gasteiger partial charge in [0.2, 0.25) is 0 Å². The predicted molar refractivity (Wildman–Crippen MR) is 65.0 cm³/mol. The number of rotatable bonds is 3. The molecule has 4 heteroatoms. The van der Waals surface area contributed by atoms with Crippen molar-refractivity contribution in [2.24, 2.45) is 10.1 Å². The summed E-state index contributed by atoms with van der Waals surface area (Å²) in [4.78, 5) is 0. The number of nitrogens with one attached hydrogen (secondary N) is 1. The van der Waals surface area contributed by atoms with E-state index in [0.717, 1.165) is 11.3 Å².